The second-order valence-corrected chi connectivity index (χ2v) is 12.4. The highest BCUT2D eigenvalue weighted by atomic mass is 35.5. The van der Waals surface area contributed by atoms with Gasteiger partial charge in [-0.15, -0.1) is 11.3 Å². The molecular formula is C32H38ClN3O3S. The summed E-state index contributed by atoms with van der Waals surface area (Å²) in [5.41, 5.74) is 2.92. The first-order chi connectivity index (χ1) is 19.4. The molecule has 8 heteroatoms. The van der Waals surface area contributed by atoms with E-state index in [0.717, 1.165) is 37.4 Å². The normalized spacial score (nSPS) is 17.2. The third-order valence-corrected chi connectivity index (χ3v) is 9.17. The Morgan fingerprint density at radius 2 is 1.85 bits per heavy atom. The molecule has 3 aromatic rings. The van der Waals surface area contributed by atoms with Gasteiger partial charge < -0.3 is 19.4 Å². The molecule has 5 rings (SSSR count). The fraction of sp³-hybridized carbons (Fsp3) is 0.438. The number of hydrogen-bond donors (Lipinski definition) is 0. The van der Waals surface area contributed by atoms with Crippen LogP contribution in [-0.4, -0.2) is 72.4 Å². The number of likely N-dealkylation sites (tertiary alicyclic amines) is 1. The summed E-state index contributed by atoms with van der Waals surface area (Å²) in [4.78, 5) is 34.8. The molecule has 1 aromatic heterocycles. The quantitative estimate of drug-likeness (QED) is 0.284. The molecule has 3 heterocycles. The number of hydrogen-bond acceptors (Lipinski definition) is 5. The van der Waals surface area contributed by atoms with E-state index in [1.807, 2.05) is 17.0 Å². The highest BCUT2D eigenvalue weighted by Gasteiger charge is 2.34. The molecule has 0 bridgehead atoms. The SMILES string of the molecule is CC(C)c1ccc(OC[C@@H]2c3ccsc3CCN2C(=O)CN(CCN2CCCC2)C(=O)c2cccc(Cl)c2)cc1. The van der Waals surface area contributed by atoms with Crippen LogP contribution in [0, 0.1) is 0 Å². The van der Waals surface area contributed by atoms with E-state index in [9.17, 15) is 9.59 Å². The molecule has 0 aliphatic carbocycles. The summed E-state index contributed by atoms with van der Waals surface area (Å²) in [6.07, 6.45) is 3.17. The Hall–Kier alpha value is -2.87. The van der Waals surface area contributed by atoms with Gasteiger partial charge in [0.15, 0.2) is 0 Å². The fourth-order valence-electron chi connectivity index (χ4n) is 5.58. The van der Waals surface area contributed by atoms with Crippen molar-refractivity contribution < 1.29 is 14.3 Å². The minimum atomic E-state index is -0.200. The van der Waals surface area contributed by atoms with E-state index in [4.69, 9.17) is 16.3 Å². The second-order valence-electron chi connectivity index (χ2n) is 11.0. The number of benzene rings is 2. The van der Waals surface area contributed by atoms with Crippen LogP contribution in [0.4, 0.5) is 0 Å². The van der Waals surface area contributed by atoms with Gasteiger partial charge in [-0.1, -0.05) is 43.6 Å². The van der Waals surface area contributed by atoms with Crippen LogP contribution in [0.3, 0.4) is 0 Å². The van der Waals surface area contributed by atoms with Gasteiger partial charge in [-0.2, -0.15) is 0 Å². The molecule has 0 radical (unpaired) electrons. The van der Waals surface area contributed by atoms with E-state index in [1.165, 1.54) is 23.3 Å². The van der Waals surface area contributed by atoms with Crippen molar-refractivity contribution in [3.63, 3.8) is 0 Å². The van der Waals surface area contributed by atoms with Gasteiger partial charge in [0.05, 0.1) is 6.04 Å². The summed E-state index contributed by atoms with van der Waals surface area (Å²) >= 11 is 7.93. The van der Waals surface area contributed by atoms with Crippen molar-refractivity contribution in [2.45, 2.75) is 45.1 Å². The number of nitrogens with zero attached hydrogens (tertiary/aromatic N) is 3. The molecule has 0 saturated carbocycles. The number of thiophene rings is 1. The summed E-state index contributed by atoms with van der Waals surface area (Å²) in [5, 5.41) is 2.60. The molecule has 2 aliphatic heterocycles. The third-order valence-electron chi connectivity index (χ3n) is 7.94. The van der Waals surface area contributed by atoms with E-state index in [0.29, 0.717) is 36.2 Å². The fourth-order valence-corrected chi connectivity index (χ4v) is 6.70. The molecule has 212 valence electrons. The Labute approximate surface area is 246 Å². The summed E-state index contributed by atoms with van der Waals surface area (Å²) < 4.78 is 6.25. The zero-order chi connectivity index (χ0) is 28.1. The third kappa shape index (κ3) is 6.88. The van der Waals surface area contributed by atoms with Crippen LogP contribution >= 0.6 is 22.9 Å². The number of carbonyl (C=O) groups is 2. The molecule has 6 nitrogen and oxygen atoms in total. The monoisotopic (exact) mass is 579 g/mol. The molecule has 1 fully saturated rings. The lowest BCUT2D eigenvalue weighted by molar-refractivity contribution is -0.135. The van der Waals surface area contributed by atoms with Crippen LogP contribution in [0.1, 0.15) is 65.0 Å². The minimum Gasteiger partial charge on any atom is -0.491 e. The number of halogens is 1. The van der Waals surface area contributed by atoms with Crippen LogP contribution in [-0.2, 0) is 11.2 Å². The average Bonchev–Trinajstić information content (AvgIpc) is 3.66. The number of fused-ring (bicyclic) bond motifs is 1. The zero-order valence-electron chi connectivity index (χ0n) is 23.4. The lowest BCUT2D eigenvalue weighted by atomic mass is 10.00. The largest absolute Gasteiger partial charge is 0.491 e. The predicted octanol–water partition coefficient (Wildman–Crippen LogP) is 6.27. The van der Waals surface area contributed by atoms with Crippen LogP contribution < -0.4 is 4.74 Å². The Morgan fingerprint density at radius 3 is 2.58 bits per heavy atom. The Kier molecular flexibility index (Phi) is 9.45. The van der Waals surface area contributed by atoms with Gasteiger partial charge in [0.25, 0.3) is 5.91 Å². The molecule has 0 unspecified atom stereocenters. The number of rotatable bonds is 10. The van der Waals surface area contributed by atoms with Crippen molar-refractivity contribution >= 4 is 34.8 Å². The van der Waals surface area contributed by atoms with E-state index in [-0.39, 0.29) is 24.4 Å². The smallest absolute Gasteiger partial charge is 0.254 e. The van der Waals surface area contributed by atoms with Gasteiger partial charge >= 0.3 is 0 Å². The van der Waals surface area contributed by atoms with Crippen LogP contribution in [0.15, 0.2) is 60.0 Å². The lowest BCUT2D eigenvalue weighted by Gasteiger charge is -2.37. The minimum absolute atomic E-state index is 0.0260. The van der Waals surface area contributed by atoms with Gasteiger partial charge in [0.2, 0.25) is 5.91 Å². The van der Waals surface area contributed by atoms with Crippen LogP contribution in [0.5, 0.6) is 5.75 Å². The van der Waals surface area contributed by atoms with Gasteiger partial charge in [-0.25, -0.2) is 0 Å². The van der Waals surface area contributed by atoms with Crippen molar-refractivity contribution in [1.82, 2.24) is 14.7 Å². The van der Waals surface area contributed by atoms with Gasteiger partial charge in [0, 0.05) is 35.1 Å². The van der Waals surface area contributed by atoms with Gasteiger partial charge in [-0.3, -0.25) is 9.59 Å². The molecule has 0 N–H and O–H groups in total. The number of carbonyl (C=O) groups excluding carboxylic acids is 2. The summed E-state index contributed by atoms with van der Waals surface area (Å²) in [6.45, 7) is 8.68. The molecular weight excluding hydrogens is 542 g/mol. The average molecular weight is 580 g/mol. The first-order valence-electron chi connectivity index (χ1n) is 14.2. The highest BCUT2D eigenvalue weighted by molar-refractivity contribution is 7.10. The van der Waals surface area contributed by atoms with E-state index >= 15 is 0 Å². The molecule has 40 heavy (non-hydrogen) atoms. The maximum absolute atomic E-state index is 13.9. The summed E-state index contributed by atoms with van der Waals surface area (Å²) in [6, 6.07) is 17.1. The first-order valence-corrected chi connectivity index (χ1v) is 15.5. The molecule has 1 atom stereocenters. The predicted molar refractivity (Wildman–Crippen MR) is 162 cm³/mol. The van der Waals surface area contributed by atoms with Crippen molar-refractivity contribution in [1.29, 1.82) is 0 Å². The maximum atomic E-state index is 13.9. The first kappa shape index (κ1) is 28.7. The summed E-state index contributed by atoms with van der Waals surface area (Å²) in [5.74, 6) is 1.03. The van der Waals surface area contributed by atoms with Crippen LogP contribution in [0.25, 0.3) is 0 Å². The van der Waals surface area contributed by atoms with Gasteiger partial charge in [-0.05, 0) is 91.2 Å². The maximum Gasteiger partial charge on any atom is 0.254 e. The molecule has 2 aromatic carbocycles. The molecule has 2 amide bonds. The number of ether oxygens (including phenoxy) is 1. The van der Waals surface area contributed by atoms with E-state index < -0.39 is 0 Å². The number of amides is 2. The van der Waals surface area contributed by atoms with Crippen molar-refractivity contribution in [3.05, 3.63) is 86.6 Å². The van der Waals surface area contributed by atoms with Crippen molar-refractivity contribution in [3.8, 4) is 5.75 Å². The highest BCUT2D eigenvalue weighted by Crippen LogP contribution is 2.34. The molecule has 2 aliphatic rings. The standard InChI is InChI=1S/C32H38ClN3O3S/c1-23(2)24-8-10-27(11-9-24)39-22-29-28-13-19-40-30(28)12-16-36(29)31(37)21-35(18-17-34-14-3-4-15-34)32(38)25-6-5-7-26(33)20-25/h5-11,13,19-20,23,29H,3-4,12,14-18,21-22H2,1-2H3/t29-/m1/s1. The summed E-state index contributed by atoms with van der Waals surface area (Å²) in [7, 11) is 0. The van der Waals surface area contributed by atoms with Gasteiger partial charge in [0.1, 0.15) is 18.9 Å². The second kappa shape index (κ2) is 13.2. The zero-order valence-corrected chi connectivity index (χ0v) is 24.9. The van der Waals surface area contributed by atoms with E-state index in [2.05, 4.69) is 42.3 Å². The Balaban J connectivity index is 1.32. The topological polar surface area (TPSA) is 53.1 Å². The van der Waals surface area contributed by atoms with E-state index in [1.54, 1.807) is 40.5 Å². The Bertz CT molecular complexity index is 1300. The Morgan fingerprint density at radius 1 is 1.07 bits per heavy atom. The lowest BCUT2D eigenvalue weighted by Crippen LogP contribution is -2.49. The van der Waals surface area contributed by atoms with Crippen molar-refractivity contribution in [2.75, 3.05) is 45.9 Å². The van der Waals surface area contributed by atoms with Crippen molar-refractivity contribution in [2.24, 2.45) is 0 Å². The molecule has 0 spiro atoms. The van der Waals surface area contributed by atoms with Crippen LogP contribution in [0.2, 0.25) is 5.02 Å². The molecule has 1 saturated heterocycles.